The maximum Gasteiger partial charge on any atom is 0.120 e. The van der Waals surface area contributed by atoms with Crippen LogP contribution in [0.5, 0.6) is 5.75 Å². The fraction of sp³-hybridized carbons (Fsp3) is 0.133. The van der Waals surface area contributed by atoms with Crippen LogP contribution in [0.25, 0.3) is 10.2 Å². The zero-order valence-corrected chi connectivity index (χ0v) is 10.9. The Morgan fingerprint density at radius 1 is 1.11 bits per heavy atom. The Balaban J connectivity index is 1.94. The van der Waals surface area contributed by atoms with Crippen molar-refractivity contribution in [3.8, 4) is 5.75 Å². The van der Waals surface area contributed by atoms with E-state index in [4.69, 9.17) is 4.74 Å². The first-order valence-corrected chi connectivity index (χ1v) is 6.64. The van der Waals surface area contributed by atoms with Crippen LogP contribution < -0.4 is 4.74 Å². The van der Waals surface area contributed by atoms with Crippen molar-refractivity contribution in [2.45, 2.75) is 6.42 Å². The van der Waals surface area contributed by atoms with Gasteiger partial charge in [-0.05, 0) is 23.8 Å². The Morgan fingerprint density at radius 3 is 2.72 bits per heavy atom. The number of fused-ring (bicyclic) bond motifs is 1. The van der Waals surface area contributed by atoms with Crippen molar-refractivity contribution in [3.63, 3.8) is 0 Å². The molecule has 3 rings (SSSR count). The van der Waals surface area contributed by atoms with E-state index in [2.05, 4.69) is 29.2 Å². The molecule has 0 N–H and O–H groups in total. The molecule has 3 aromatic rings. The minimum Gasteiger partial charge on any atom is -0.497 e. The molecular weight excluding hydrogens is 242 g/mol. The summed E-state index contributed by atoms with van der Waals surface area (Å²) in [5.74, 6) is 0.886. The average molecular weight is 255 g/mol. The Hall–Kier alpha value is -1.87. The maximum atomic E-state index is 5.23. The van der Waals surface area contributed by atoms with E-state index in [-0.39, 0.29) is 0 Å². The zero-order valence-electron chi connectivity index (χ0n) is 10.1. The third kappa shape index (κ3) is 2.22. The summed E-state index contributed by atoms with van der Waals surface area (Å²) in [5.41, 5.74) is 2.34. The molecule has 0 fully saturated rings. The van der Waals surface area contributed by atoms with Crippen molar-refractivity contribution in [2.75, 3.05) is 7.11 Å². The van der Waals surface area contributed by atoms with E-state index in [1.165, 1.54) is 10.3 Å². The molecule has 0 atom stereocenters. The van der Waals surface area contributed by atoms with Crippen LogP contribution in [0.1, 0.15) is 10.6 Å². The van der Waals surface area contributed by atoms with Gasteiger partial charge in [0.1, 0.15) is 5.75 Å². The lowest BCUT2D eigenvalue weighted by Gasteiger charge is -1.96. The number of nitrogens with zero attached hydrogens (tertiary/aromatic N) is 1. The number of benzene rings is 2. The van der Waals surface area contributed by atoms with Gasteiger partial charge < -0.3 is 4.74 Å². The maximum absolute atomic E-state index is 5.23. The lowest BCUT2D eigenvalue weighted by atomic mass is 10.2. The summed E-state index contributed by atoms with van der Waals surface area (Å²) < 4.78 is 6.41. The predicted molar refractivity (Wildman–Crippen MR) is 75.4 cm³/mol. The van der Waals surface area contributed by atoms with Crippen LogP contribution in [0.4, 0.5) is 0 Å². The van der Waals surface area contributed by atoms with Gasteiger partial charge in [0.2, 0.25) is 0 Å². The van der Waals surface area contributed by atoms with Crippen LogP contribution >= 0.6 is 11.3 Å². The second-order valence-electron chi connectivity index (χ2n) is 4.10. The Kier molecular flexibility index (Phi) is 2.99. The van der Waals surface area contributed by atoms with Crippen LogP contribution in [-0.4, -0.2) is 12.1 Å². The predicted octanol–water partition coefficient (Wildman–Crippen LogP) is 3.90. The molecule has 90 valence electrons. The fourth-order valence-electron chi connectivity index (χ4n) is 1.93. The first kappa shape index (κ1) is 11.2. The number of hydrogen-bond donors (Lipinski definition) is 0. The molecule has 0 amide bonds. The minimum atomic E-state index is 0.886. The lowest BCUT2D eigenvalue weighted by Crippen LogP contribution is -1.85. The quantitative estimate of drug-likeness (QED) is 0.708. The third-order valence-corrected chi connectivity index (χ3v) is 3.86. The highest BCUT2D eigenvalue weighted by molar-refractivity contribution is 7.18. The molecule has 0 saturated carbocycles. The van der Waals surface area contributed by atoms with Gasteiger partial charge in [0.05, 0.1) is 22.3 Å². The van der Waals surface area contributed by atoms with Crippen LogP contribution in [0.3, 0.4) is 0 Å². The number of aromatic nitrogens is 1. The summed E-state index contributed by atoms with van der Waals surface area (Å²) in [6, 6.07) is 16.4. The molecule has 3 heteroatoms. The molecule has 0 spiro atoms. The van der Waals surface area contributed by atoms with E-state index in [9.17, 15) is 0 Å². The molecular formula is C15H13NOS. The van der Waals surface area contributed by atoms with Crippen LogP contribution in [0.2, 0.25) is 0 Å². The molecule has 0 saturated heterocycles. The van der Waals surface area contributed by atoms with Gasteiger partial charge in [-0.2, -0.15) is 0 Å². The summed E-state index contributed by atoms with van der Waals surface area (Å²) in [6.07, 6.45) is 0.891. The normalized spacial score (nSPS) is 10.7. The number of thiazole rings is 1. The molecule has 2 nitrogen and oxygen atoms in total. The van der Waals surface area contributed by atoms with E-state index >= 15 is 0 Å². The molecule has 0 aliphatic carbocycles. The second kappa shape index (κ2) is 4.78. The molecule has 0 aliphatic rings. The monoisotopic (exact) mass is 255 g/mol. The molecule has 18 heavy (non-hydrogen) atoms. The summed E-state index contributed by atoms with van der Waals surface area (Å²) in [5, 5.41) is 1.14. The minimum absolute atomic E-state index is 0.886. The Morgan fingerprint density at radius 2 is 1.94 bits per heavy atom. The van der Waals surface area contributed by atoms with Gasteiger partial charge in [-0.25, -0.2) is 4.98 Å². The smallest absolute Gasteiger partial charge is 0.120 e. The average Bonchev–Trinajstić information content (AvgIpc) is 2.80. The van der Waals surface area contributed by atoms with Crippen molar-refractivity contribution in [3.05, 3.63) is 59.1 Å². The largest absolute Gasteiger partial charge is 0.497 e. The van der Waals surface area contributed by atoms with Gasteiger partial charge in [-0.3, -0.25) is 0 Å². The topological polar surface area (TPSA) is 22.1 Å². The van der Waals surface area contributed by atoms with Crippen molar-refractivity contribution in [1.29, 1.82) is 0 Å². The Bertz CT molecular complexity index is 661. The van der Waals surface area contributed by atoms with Gasteiger partial charge in [0.15, 0.2) is 0 Å². The summed E-state index contributed by atoms with van der Waals surface area (Å²) >= 11 is 1.73. The molecule has 0 unspecified atom stereocenters. The van der Waals surface area contributed by atoms with Crippen LogP contribution in [-0.2, 0) is 6.42 Å². The molecule has 1 aromatic heterocycles. The van der Waals surface area contributed by atoms with E-state index in [0.717, 1.165) is 22.7 Å². The van der Waals surface area contributed by atoms with Gasteiger partial charge in [0, 0.05) is 6.42 Å². The fourth-order valence-corrected chi connectivity index (χ4v) is 2.96. The van der Waals surface area contributed by atoms with E-state index in [1.807, 2.05) is 24.3 Å². The summed E-state index contributed by atoms with van der Waals surface area (Å²) in [4.78, 5) is 4.65. The van der Waals surface area contributed by atoms with E-state index < -0.39 is 0 Å². The summed E-state index contributed by atoms with van der Waals surface area (Å²) in [7, 11) is 1.69. The highest BCUT2D eigenvalue weighted by Gasteiger charge is 2.05. The standard InChI is InChI=1S/C15H13NOS/c1-17-12-7-8-13-14(10-12)18-15(16-13)9-11-5-3-2-4-6-11/h2-8,10H,9H2,1H3. The van der Waals surface area contributed by atoms with Gasteiger partial charge in [-0.1, -0.05) is 30.3 Å². The lowest BCUT2D eigenvalue weighted by molar-refractivity contribution is 0.415. The number of ether oxygens (including phenoxy) is 1. The number of rotatable bonds is 3. The molecule has 2 aromatic carbocycles. The second-order valence-corrected chi connectivity index (χ2v) is 5.22. The first-order chi connectivity index (χ1) is 8.85. The van der Waals surface area contributed by atoms with Gasteiger partial charge >= 0.3 is 0 Å². The highest BCUT2D eigenvalue weighted by Crippen LogP contribution is 2.27. The number of methoxy groups -OCH3 is 1. The summed E-state index contributed by atoms with van der Waals surface area (Å²) in [6.45, 7) is 0. The Labute approximate surface area is 110 Å². The molecule has 0 aliphatic heterocycles. The molecule has 0 radical (unpaired) electrons. The van der Waals surface area contributed by atoms with Crippen molar-refractivity contribution >= 4 is 21.6 Å². The van der Waals surface area contributed by atoms with Crippen LogP contribution in [0, 0.1) is 0 Å². The van der Waals surface area contributed by atoms with Crippen molar-refractivity contribution in [1.82, 2.24) is 4.98 Å². The molecule has 0 bridgehead atoms. The van der Waals surface area contributed by atoms with Crippen molar-refractivity contribution in [2.24, 2.45) is 0 Å². The third-order valence-electron chi connectivity index (χ3n) is 2.84. The van der Waals surface area contributed by atoms with Crippen LogP contribution in [0.15, 0.2) is 48.5 Å². The SMILES string of the molecule is COc1ccc2nc(Cc3ccccc3)sc2c1. The first-order valence-electron chi connectivity index (χ1n) is 5.82. The highest BCUT2D eigenvalue weighted by atomic mass is 32.1. The zero-order chi connectivity index (χ0) is 12.4. The number of hydrogen-bond acceptors (Lipinski definition) is 3. The molecule has 1 heterocycles. The van der Waals surface area contributed by atoms with Gasteiger partial charge in [0.25, 0.3) is 0 Å². The van der Waals surface area contributed by atoms with E-state index in [0.29, 0.717) is 0 Å². The van der Waals surface area contributed by atoms with E-state index in [1.54, 1.807) is 18.4 Å². The van der Waals surface area contributed by atoms with Gasteiger partial charge in [-0.15, -0.1) is 11.3 Å². The van der Waals surface area contributed by atoms with Crippen molar-refractivity contribution < 1.29 is 4.74 Å².